The number of aryl methyl sites for hydroxylation is 1. The number of aliphatic imine (C=N–C) groups is 1. The van der Waals surface area contributed by atoms with Crippen molar-refractivity contribution in [1.82, 2.24) is 19.5 Å². The SMILES string of the molecule is NC(=NCCCc1nnc2ccccn12)N1CCCCC1. The number of rotatable bonds is 4. The first-order valence-corrected chi connectivity index (χ1v) is 7.68. The molecule has 2 N–H and O–H groups in total. The van der Waals surface area contributed by atoms with Crippen LogP contribution in [-0.2, 0) is 6.42 Å². The summed E-state index contributed by atoms with van der Waals surface area (Å²) in [6.45, 7) is 2.83. The van der Waals surface area contributed by atoms with Crippen molar-refractivity contribution in [3.63, 3.8) is 0 Å². The van der Waals surface area contributed by atoms with Gasteiger partial charge in [-0.3, -0.25) is 9.39 Å². The van der Waals surface area contributed by atoms with Crippen molar-refractivity contribution < 1.29 is 0 Å². The molecule has 0 bridgehead atoms. The van der Waals surface area contributed by atoms with Crippen LogP contribution in [0.1, 0.15) is 31.5 Å². The lowest BCUT2D eigenvalue weighted by molar-refractivity contribution is 0.338. The van der Waals surface area contributed by atoms with Crippen molar-refractivity contribution >= 4 is 11.6 Å². The zero-order chi connectivity index (χ0) is 14.5. The van der Waals surface area contributed by atoms with E-state index in [0.717, 1.165) is 43.9 Å². The summed E-state index contributed by atoms with van der Waals surface area (Å²) in [7, 11) is 0. The average Bonchev–Trinajstić information content (AvgIpc) is 2.95. The van der Waals surface area contributed by atoms with Crippen molar-refractivity contribution in [2.24, 2.45) is 10.7 Å². The van der Waals surface area contributed by atoms with E-state index < -0.39 is 0 Å². The molecule has 0 atom stereocenters. The van der Waals surface area contributed by atoms with Gasteiger partial charge in [0.2, 0.25) is 0 Å². The van der Waals surface area contributed by atoms with Crippen molar-refractivity contribution in [2.75, 3.05) is 19.6 Å². The monoisotopic (exact) mass is 286 g/mol. The number of hydrogen-bond donors (Lipinski definition) is 1. The summed E-state index contributed by atoms with van der Waals surface area (Å²) in [5.41, 5.74) is 6.93. The van der Waals surface area contributed by atoms with Crippen LogP contribution < -0.4 is 5.73 Å². The van der Waals surface area contributed by atoms with E-state index >= 15 is 0 Å². The van der Waals surface area contributed by atoms with Crippen LogP contribution in [0.4, 0.5) is 0 Å². The number of aromatic nitrogens is 3. The molecule has 0 unspecified atom stereocenters. The summed E-state index contributed by atoms with van der Waals surface area (Å²) in [6, 6.07) is 5.92. The molecule has 0 amide bonds. The molecule has 112 valence electrons. The molecule has 21 heavy (non-hydrogen) atoms. The number of guanidine groups is 1. The van der Waals surface area contributed by atoms with E-state index in [9.17, 15) is 0 Å². The van der Waals surface area contributed by atoms with Gasteiger partial charge in [0, 0.05) is 32.3 Å². The normalized spacial score (nSPS) is 16.6. The fraction of sp³-hybridized carbons (Fsp3) is 0.533. The molecule has 0 spiro atoms. The van der Waals surface area contributed by atoms with Gasteiger partial charge >= 0.3 is 0 Å². The highest BCUT2D eigenvalue weighted by atomic mass is 15.3. The Morgan fingerprint density at radius 1 is 1.19 bits per heavy atom. The van der Waals surface area contributed by atoms with Crippen LogP contribution in [0, 0.1) is 0 Å². The second-order valence-corrected chi connectivity index (χ2v) is 5.44. The van der Waals surface area contributed by atoms with E-state index in [-0.39, 0.29) is 0 Å². The van der Waals surface area contributed by atoms with Crippen LogP contribution >= 0.6 is 0 Å². The van der Waals surface area contributed by atoms with Crippen LogP contribution in [0.25, 0.3) is 5.65 Å². The highest BCUT2D eigenvalue weighted by Crippen LogP contribution is 2.08. The fourth-order valence-electron chi connectivity index (χ4n) is 2.72. The van der Waals surface area contributed by atoms with Crippen LogP contribution in [0.3, 0.4) is 0 Å². The minimum Gasteiger partial charge on any atom is -0.370 e. The summed E-state index contributed by atoms with van der Waals surface area (Å²) in [5, 5.41) is 8.37. The topological polar surface area (TPSA) is 71.8 Å². The number of likely N-dealkylation sites (tertiary alicyclic amines) is 1. The van der Waals surface area contributed by atoms with E-state index in [1.807, 2.05) is 28.8 Å². The van der Waals surface area contributed by atoms with E-state index in [2.05, 4.69) is 20.1 Å². The molecule has 2 aromatic heterocycles. The summed E-state index contributed by atoms with van der Waals surface area (Å²) in [5.74, 6) is 1.68. The van der Waals surface area contributed by atoms with Crippen molar-refractivity contribution in [3.05, 3.63) is 30.2 Å². The van der Waals surface area contributed by atoms with Crippen LogP contribution in [0.15, 0.2) is 29.4 Å². The van der Waals surface area contributed by atoms with Crippen LogP contribution in [0.2, 0.25) is 0 Å². The molecule has 3 heterocycles. The standard InChI is InChI=1S/C15H22N6/c16-15(20-10-3-1-4-11-20)17-9-6-8-14-19-18-13-7-2-5-12-21(13)14/h2,5,7,12H,1,3-4,6,8-11H2,(H2,16,17). The quantitative estimate of drug-likeness (QED) is 0.525. The molecule has 1 aliphatic heterocycles. The molecular formula is C15H22N6. The van der Waals surface area contributed by atoms with Gasteiger partial charge in [-0.1, -0.05) is 6.07 Å². The highest BCUT2D eigenvalue weighted by Gasteiger charge is 2.11. The van der Waals surface area contributed by atoms with Crippen molar-refractivity contribution in [1.29, 1.82) is 0 Å². The van der Waals surface area contributed by atoms with Gasteiger partial charge in [0.1, 0.15) is 5.82 Å². The number of hydrogen-bond acceptors (Lipinski definition) is 3. The number of nitrogens with zero attached hydrogens (tertiary/aromatic N) is 5. The van der Waals surface area contributed by atoms with Crippen molar-refractivity contribution in [2.45, 2.75) is 32.1 Å². The second kappa shape index (κ2) is 6.56. The smallest absolute Gasteiger partial charge is 0.191 e. The first-order valence-electron chi connectivity index (χ1n) is 7.68. The largest absolute Gasteiger partial charge is 0.370 e. The molecule has 0 aliphatic carbocycles. The Bertz CT molecular complexity index is 611. The Balaban J connectivity index is 1.51. The van der Waals surface area contributed by atoms with Crippen LogP contribution in [0.5, 0.6) is 0 Å². The average molecular weight is 286 g/mol. The summed E-state index contributed by atoms with van der Waals surface area (Å²) < 4.78 is 2.03. The van der Waals surface area contributed by atoms with Gasteiger partial charge < -0.3 is 10.6 Å². The molecule has 1 fully saturated rings. The Kier molecular flexibility index (Phi) is 4.33. The van der Waals surface area contributed by atoms with Crippen LogP contribution in [-0.4, -0.2) is 45.1 Å². The second-order valence-electron chi connectivity index (χ2n) is 5.44. The van der Waals surface area contributed by atoms with E-state index in [4.69, 9.17) is 5.73 Å². The zero-order valence-electron chi connectivity index (χ0n) is 12.3. The Morgan fingerprint density at radius 3 is 2.90 bits per heavy atom. The summed E-state index contributed by atoms with van der Waals surface area (Å²) in [4.78, 5) is 6.68. The summed E-state index contributed by atoms with van der Waals surface area (Å²) >= 11 is 0. The Hall–Kier alpha value is -2.11. The number of fused-ring (bicyclic) bond motifs is 1. The fourth-order valence-corrected chi connectivity index (χ4v) is 2.72. The number of nitrogens with two attached hydrogens (primary N) is 1. The highest BCUT2D eigenvalue weighted by molar-refractivity contribution is 5.78. The lowest BCUT2D eigenvalue weighted by Gasteiger charge is -2.27. The van der Waals surface area contributed by atoms with E-state index in [0.29, 0.717) is 5.96 Å². The van der Waals surface area contributed by atoms with Crippen molar-refractivity contribution in [3.8, 4) is 0 Å². The predicted octanol–water partition coefficient (Wildman–Crippen LogP) is 1.46. The molecule has 0 saturated carbocycles. The minimum atomic E-state index is 0.695. The molecule has 6 nitrogen and oxygen atoms in total. The molecular weight excluding hydrogens is 264 g/mol. The third-order valence-electron chi connectivity index (χ3n) is 3.90. The van der Waals surface area contributed by atoms with Gasteiger partial charge in [0.05, 0.1) is 0 Å². The van der Waals surface area contributed by atoms with Gasteiger partial charge in [0.15, 0.2) is 11.6 Å². The van der Waals surface area contributed by atoms with E-state index in [1.165, 1.54) is 19.3 Å². The van der Waals surface area contributed by atoms with Gasteiger partial charge in [-0.15, -0.1) is 10.2 Å². The maximum absolute atomic E-state index is 6.04. The molecule has 1 saturated heterocycles. The first-order chi connectivity index (χ1) is 10.3. The number of piperidine rings is 1. The maximum Gasteiger partial charge on any atom is 0.191 e. The number of pyridine rings is 1. The maximum atomic E-state index is 6.04. The lowest BCUT2D eigenvalue weighted by Crippen LogP contribution is -2.40. The molecule has 6 heteroatoms. The predicted molar refractivity (Wildman–Crippen MR) is 83.2 cm³/mol. The van der Waals surface area contributed by atoms with Gasteiger partial charge in [-0.2, -0.15) is 0 Å². The molecule has 1 aliphatic rings. The Morgan fingerprint density at radius 2 is 2.05 bits per heavy atom. The van der Waals surface area contributed by atoms with E-state index in [1.54, 1.807) is 0 Å². The molecule has 0 aromatic carbocycles. The third-order valence-corrected chi connectivity index (χ3v) is 3.90. The molecule has 0 radical (unpaired) electrons. The molecule has 3 rings (SSSR count). The molecule has 2 aromatic rings. The minimum absolute atomic E-state index is 0.695. The third kappa shape index (κ3) is 3.32. The van der Waals surface area contributed by atoms with Gasteiger partial charge in [0.25, 0.3) is 0 Å². The van der Waals surface area contributed by atoms with Gasteiger partial charge in [-0.25, -0.2) is 0 Å². The first kappa shape index (κ1) is 13.9. The lowest BCUT2D eigenvalue weighted by atomic mass is 10.1. The summed E-state index contributed by atoms with van der Waals surface area (Å²) in [6.07, 6.45) is 7.55. The Labute approximate surface area is 124 Å². The zero-order valence-corrected chi connectivity index (χ0v) is 12.3. The van der Waals surface area contributed by atoms with Gasteiger partial charge in [-0.05, 0) is 37.8 Å².